The zero-order chi connectivity index (χ0) is 15.1. The molecule has 0 radical (unpaired) electrons. The molecule has 21 heavy (non-hydrogen) atoms. The van der Waals surface area contributed by atoms with Crippen molar-refractivity contribution in [1.82, 2.24) is 0 Å². The van der Waals surface area contributed by atoms with Gasteiger partial charge in [0.05, 0.1) is 5.69 Å². The van der Waals surface area contributed by atoms with Gasteiger partial charge < -0.3 is 5.32 Å². The summed E-state index contributed by atoms with van der Waals surface area (Å²) < 4.78 is 0. The number of anilines is 1. The fourth-order valence-electron chi connectivity index (χ4n) is 1.86. The van der Waals surface area contributed by atoms with Crippen LogP contribution in [0.5, 0.6) is 0 Å². The maximum atomic E-state index is 10.9. The largest absolute Gasteiger partial charge is 0.326 e. The third-order valence-corrected chi connectivity index (χ3v) is 2.80. The van der Waals surface area contributed by atoms with Crippen molar-refractivity contribution < 1.29 is 4.79 Å². The number of carbonyl (C=O) groups excluding carboxylic acids is 1. The highest BCUT2D eigenvalue weighted by Gasteiger charge is 1.95. The molecule has 106 valence electrons. The second-order valence-electron chi connectivity index (χ2n) is 4.79. The fourth-order valence-corrected chi connectivity index (χ4v) is 1.86. The third-order valence-electron chi connectivity index (χ3n) is 2.80. The van der Waals surface area contributed by atoms with E-state index in [1.807, 2.05) is 55.6 Å². The molecule has 0 saturated carbocycles. The summed E-state index contributed by atoms with van der Waals surface area (Å²) >= 11 is 0. The lowest BCUT2D eigenvalue weighted by atomic mass is 10.1. The van der Waals surface area contributed by atoms with E-state index in [1.54, 1.807) is 0 Å². The van der Waals surface area contributed by atoms with Crippen molar-refractivity contribution in [2.75, 3.05) is 5.32 Å². The topological polar surface area (TPSA) is 41.5 Å². The van der Waals surface area contributed by atoms with Crippen LogP contribution in [0.2, 0.25) is 0 Å². The summed E-state index contributed by atoms with van der Waals surface area (Å²) in [6.07, 6.45) is 3.91. The third kappa shape index (κ3) is 5.07. The van der Waals surface area contributed by atoms with Gasteiger partial charge in [-0.25, -0.2) is 0 Å². The van der Waals surface area contributed by atoms with Crippen LogP contribution in [0.15, 0.2) is 65.2 Å². The van der Waals surface area contributed by atoms with Crippen LogP contribution in [0.25, 0.3) is 6.08 Å². The van der Waals surface area contributed by atoms with Gasteiger partial charge in [0.15, 0.2) is 0 Å². The molecule has 3 nitrogen and oxygen atoms in total. The number of hydrogen-bond acceptors (Lipinski definition) is 2. The van der Waals surface area contributed by atoms with Gasteiger partial charge in [0, 0.05) is 18.8 Å². The van der Waals surface area contributed by atoms with Gasteiger partial charge in [0.1, 0.15) is 0 Å². The van der Waals surface area contributed by atoms with Crippen molar-refractivity contribution in [2.24, 2.45) is 4.99 Å². The Balaban J connectivity index is 2.03. The molecule has 1 amide bonds. The molecule has 0 aliphatic carbocycles. The van der Waals surface area contributed by atoms with Crippen molar-refractivity contribution in [3.8, 4) is 0 Å². The molecule has 0 atom stereocenters. The standard InChI is InChI=1S/C18H18N2O/c1-14(12-16-6-4-3-5-7-16)13-19-17-8-10-18(11-9-17)20-15(2)21/h3-13H,1-2H3,(H,20,21)/b14-12+,19-13?. The van der Waals surface area contributed by atoms with E-state index < -0.39 is 0 Å². The van der Waals surface area contributed by atoms with Crippen molar-refractivity contribution in [1.29, 1.82) is 0 Å². The number of aliphatic imine (C=N–C) groups is 1. The number of rotatable bonds is 4. The first-order valence-corrected chi connectivity index (χ1v) is 6.78. The van der Waals surface area contributed by atoms with E-state index in [1.165, 1.54) is 6.92 Å². The van der Waals surface area contributed by atoms with Crippen LogP contribution in [0, 0.1) is 0 Å². The van der Waals surface area contributed by atoms with E-state index in [-0.39, 0.29) is 5.91 Å². The van der Waals surface area contributed by atoms with E-state index >= 15 is 0 Å². The zero-order valence-electron chi connectivity index (χ0n) is 12.2. The van der Waals surface area contributed by atoms with Crippen molar-refractivity contribution in [3.05, 3.63) is 65.7 Å². The molecule has 0 fully saturated rings. The molecule has 2 rings (SSSR count). The fraction of sp³-hybridized carbons (Fsp3) is 0.111. The lowest BCUT2D eigenvalue weighted by Gasteiger charge is -2.01. The van der Waals surface area contributed by atoms with Crippen LogP contribution in [-0.2, 0) is 4.79 Å². The quantitative estimate of drug-likeness (QED) is 0.825. The van der Waals surface area contributed by atoms with Crippen LogP contribution >= 0.6 is 0 Å². The Morgan fingerprint density at radius 1 is 1.00 bits per heavy atom. The molecule has 0 aromatic heterocycles. The number of nitrogens with one attached hydrogen (secondary N) is 1. The predicted octanol–water partition coefficient (Wildman–Crippen LogP) is 4.45. The average Bonchev–Trinajstić information content (AvgIpc) is 2.47. The van der Waals surface area contributed by atoms with Crippen molar-refractivity contribution >= 4 is 29.6 Å². The SMILES string of the molecule is CC(=O)Nc1ccc(N=C/C(C)=C/c2ccccc2)cc1. The highest BCUT2D eigenvalue weighted by atomic mass is 16.1. The number of nitrogens with zero attached hydrogens (tertiary/aromatic N) is 1. The number of hydrogen-bond donors (Lipinski definition) is 1. The molecule has 2 aromatic rings. The highest BCUT2D eigenvalue weighted by Crippen LogP contribution is 2.16. The van der Waals surface area contributed by atoms with Crippen molar-refractivity contribution in [3.63, 3.8) is 0 Å². The number of amides is 1. The first-order chi connectivity index (χ1) is 10.1. The lowest BCUT2D eigenvalue weighted by molar-refractivity contribution is -0.114. The lowest BCUT2D eigenvalue weighted by Crippen LogP contribution is -2.04. The van der Waals surface area contributed by atoms with Gasteiger partial charge >= 0.3 is 0 Å². The summed E-state index contributed by atoms with van der Waals surface area (Å²) in [5.41, 5.74) is 3.86. The first-order valence-electron chi connectivity index (χ1n) is 6.78. The van der Waals surface area contributed by atoms with Crippen LogP contribution in [0.4, 0.5) is 11.4 Å². The molecular formula is C18H18N2O. The maximum Gasteiger partial charge on any atom is 0.221 e. The Hall–Kier alpha value is -2.68. The minimum atomic E-state index is -0.0760. The molecule has 3 heteroatoms. The van der Waals surface area contributed by atoms with Gasteiger partial charge in [-0.05, 0) is 42.3 Å². The van der Waals surface area contributed by atoms with Crippen LogP contribution in [-0.4, -0.2) is 12.1 Å². The second kappa shape index (κ2) is 7.20. The van der Waals surface area contributed by atoms with E-state index in [9.17, 15) is 4.79 Å². The average molecular weight is 278 g/mol. The Kier molecular flexibility index (Phi) is 5.04. The molecule has 0 bridgehead atoms. The van der Waals surface area contributed by atoms with Gasteiger partial charge in [0.25, 0.3) is 0 Å². The van der Waals surface area contributed by atoms with E-state index in [4.69, 9.17) is 0 Å². The summed E-state index contributed by atoms with van der Waals surface area (Å²) in [7, 11) is 0. The monoisotopic (exact) mass is 278 g/mol. The first kappa shape index (κ1) is 14.7. The summed E-state index contributed by atoms with van der Waals surface area (Å²) in [5.74, 6) is -0.0760. The van der Waals surface area contributed by atoms with Crippen LogP contribution in [0.3, 0.4) is 0 Å². The number of allylic oxidation sites excluding steroid dienone is 1. The van der Waals surface area contributed by atoms with Crippen LogP contribution < -0.4 is 5.32 Å². The summed E-state index contributed by atoms with van der Waals surface area (Å²) in [4.78, 5) is 15.4. The van der Waals surface area contributed by atoms with Gasteiger partial charge in [0.2, 0.25) is 5.91 Å². The van der Waals surface area contributed by atoms with Gasteiger partial charge in [-0.1, -0.05) is 36.4 Å². The minimum Gasteiger partial charge on any atom is -0.326 e. The summed E-state index contributed by atoms with van der Waals surface area (Å²) in [5, 5.41) is 2.73. The normalized spacial score (nSPS) is 11.6. The van der Waals surface area contributed by atoms with E-state index in [0.717, 1.165) is 22.5 Å². The van der Waals surface area contributed by atoms with Gasteiger partial charge in [-0.2, -0.15) is 0 Å². The Morgan fingerprint density at radius 2 is 1.67 bits per heavy atom. The molecule has 1 N–H and O–H groups in total. The molecular weight excluding hydrogens is 260 g/mol. The van der Waals surface area contributed by atoms with Gasteiger partial charge in [-0.15, -0.1) is 0 Å². The predicted molar refractivity (Wildman–Crippen MR) is 89.0 cm³/mol. The Labute approximate surface area is 125 Å². The maximum absolute atomic E-state index is 10.9. The molecule has 0 spiro atoms. The molecule has 0 unspecified atom stereocenters. The van der Waals surface area contributed by atoms with Gasteiger partial charge in [-0.3, -0.25) is 9.79 Å². The molecule has 0 heterocycles. The van der Waals surface area contributed by atoms with Crippen molar-refractivity contribution in [2.45, 2.75) is 13.8 Å². The van der Waals surface area contributed by atoms with E-state index in [2.05, 4.69) is 28.5 Å². The van der Waals surface area contributed by atoms with Crippen LogP contribution in [0.1, 0.15) is 19.4 Å². The minimum absolute atomic E-state index is 0.0760. The number of benzene rings is 2. The highest BCUT2D eigenvalue weighted by molar-refractivity contribution is 5.89. The number of carbonyl (C=O) groups is 1. The van der Waals surface area contributed by atoms with E-state index in [0.29, 0.717) is 0 Å². The molecule has 0 aliphatic rings. The molecule has 0 aliphatic heterocycles. The second-order valence-corrected chi connectivity index (χ2v) is 4.79. The molecule has 0 saturated heterocycles. The Bertz CT molecular complexity index is 655. The Morgan fingerprint density at radius 3 is 2.29 bits per heavy atom. The summed E-state index contributed by atoms with van der Waals surface area (Å²) in [6.45, 7) is 3.51. The molecule has 2 aromatic carbocycles. The smallest absolute Gasteiger partial charge is 0.221 e. The zero-order valence-corrected chi connectivity index (χ0v) is 12.2. The summed E-state index contributed by atoms with van der Waals surface area (Å²) in [6, 6.07) is 17.5.